The number of aromatic nitrogens is 2. The van der Waals surface area contributed by atoms with Gasteiger partial charge < -0.3 is 4.52 Å². The van der Waals surface area contributed by atoms with Crippen molar-refractivity contribution in [3.8, 4) is 11.4 Å². The molecule has 2 aromatic rings. The summed E-state index contributed by atoms with van der Waals surface area (Å²) < 4.78 is 100. The van der Waals surface area contributed by atoms with Crippen LogP contribution in [0.5, 0.6) is 0 Å². The average Bonchev–Trinajstić information content (AvgIpc) is 2.85. The van der Waals surface area contributed by atoms with E-state index in [1.54, 1.807) is 0 Å². The molecule has 23 heavy (non-hydrogen) atoms. The molecular formula is C11H6F6N2O3S. The maximum Gasteiger partial charge on any atom is 0.471 e. The van der Waals surface area contributed by atoms with Crippen molar-refractivity contribution in [3.63, 3.8) is 0 Å². The molecule has 1 aromatic carbocycles. The molecule has 0 aliphatic heterocycles. The molecule has 0 radical (unpaired) electrons. The molecule has 0 spiro atoms. The van der Waals surface area contributed by atoms with Gasteiger partial charge in [-0.2, -0.15) is 31.3 Å². The summed E-state index contributed by atoms with van der Waals surface area (Å²) in [4.78, 5) is 2.44. The van der Waals surface area contributed by atoms with E-state index in [2.05, 4.69) is 14.7 Å². The summed E-state index contributed by atoms with van der Waals surface area (Å²) in [6.45, 7) is 0. The molecule has 2 rings (SSSR count). The Morgan fingerprint density at radius 3 is 2.00 bits per heavy atom. The summed E-state index contributed by atoms with van der Waals surface area (Å²) in [6, 6.07) is 3.60. The average molecular weight is 360 g/mol. The van der Waals surface area contributed by atoms with Gasteiger partial charge in [0.15, 0.2) is 15.6 Å². The first kappa shape index (κ1) is 17.2. The first-order chi connectivity index (χ1) is 10.4. The van der Waals surface area contributed by atoms with Crippen LogP contribution in [0.1, 0.15) is 5.89 Å². The summed E-state index contributed by atoms with van der Waals surface area (Å²) >= 11 is 0. The second-order valence-corrected chi connectivity index (χ2v) is 6.31. The lowest BCUT2D eigenvalue weighted by Crippen LogP contribution is -2.22. The molecule has 5 nitrogen and oxygen atoms in total. The van der Waals surface area contributed by atoms with Crippen LogP contribution in [0.3, 0.4) is 0 Å². The minimum Gasteiger partial charge on any atom is -0.329 e. The van der Waals surface area contributed by atoms with Crippen LogP contribution in [0.25, 0.3) is 11.4 Å². The van der Waals surface area contributed by atoms with Crippen molar-refractivity contribution in [3.05, 3.63) is 30.2 Å². The molecule has 126 valence electrons. The third kappa shape index (κ3) is 4.21. The lowest BCUT2D eigenvalue weighted by Gasteiger charge is -2.07. The Bertz CT molecular complexity index is 792. The van der Waals surface area contributed by atoms with Gasteiger partial charge in [-0.05, 0) is 24.3 Å². The largest absolute Gasteiger partial charge is 0.471 e. The van der Waals surface area contributed by atoms with Crippen LogP contribution < -0.4 is 0 Å². The lowest BCUT2D eigenvalue weighted by atomic mass is 10.2. The summed E-state index contributed by atoms with van der Waals surface area (Å²) in [5, 5.41) is 3.07. The van der Waals surface area contributed by atoms with E-state index in [1.165, 1.54) is 0 Å². The molecule has 0 aliphatic rings. The molecule has 0 unspecified atom stereocenters. The third-order valence-corrected chi connectivity index (χ3v) is 4.19. The van der Waals surface area contributed by atoms with Crippen molar-refractivity contribution in [1.82, 2.24) is 10.1 Å². The van der Waals surface area contributed by atoms with E-state index >= 15 is 0 Å². The van der Waals surface area contributed by atoms with E-state index in [-0.39, 0.29) is 5.56 Å². The van der Waals surface area contributed by atoms with Gasteiger partial charge in [0.2, 0.25) is 5.82 Å². The Balaban J connectivity index is 2.28. The number of hydrogen-bond acceptors (Lipinski definition) is 5. The second kappa shape index (κ2) is 5.51. The van der Waals surface area contributed by atoms with E-state index in [0.29, 0.717) is 0 Å². The highest BCUT2D eigenvalue weighted by atomic mass is 32.2. The van der Waals surface area contributed by atoms with Crippen molar-refractivity contribution in [1.29, 1.82) is 0 Å². The molecule has 0 amide bonds. The van der Waals surface area contributed by atoms with Crippen LogP contribution in [-0.4, -0.2) is 30.5 Å². The van der Waals surface area contributed by atoms with Crippen molar-refractivity contribution in [2.24, 2.45) is 0 Å². The van der Waals surface area contributed by atoms with E-state index in [4.69, 9.17) is 0 Å². The molecule has 0 atom stereocenters. The number of nitrogens with zero attached hydrogens (tertiary/aromatic N) is 2. The lowest BCUT2D eigenvalue weighted by molar-refractivity contribution is -0.159. The predicted molar refractivity (Wildman–Crippen MR) is 62.8 cm³/mol. The van der Waals surface area contributed by atoms with Crippen molar-refractivity contribution in [2.45, 2.75) is 17.2 Å². The van der Waals surface area contributed by atoms with Crippen LogP contribution in [0.4, 0.5) is 26.3 Å². The molecule has 12 heteroatoms. The summed E-state index contributed by atoms with van der Waals surface area (Å²) in [6.07, 6.45) is -9.76. The van der Waals surface area contributed by atoms with E-state index in [1.807, 2.05) is 0 Å². The van der Waals surface area contributed by atoms with Gasteiger partial charge >= 0.3 is 18.2 Å². The number of rotatable bonds is 3. The molecule has 0 saturated carbocycles. The summed E-state index contributed by atoms with van der Waals surface area (Å²) in [7, 11) is -4.60. The summed E-state index contributed by atoms with van der Waals surface area (Å²) in [5.74, 6) is -4.11. The van der Waals surface area contributed by atoms with Crippen LogP contribution in [0.2, 0.25) is 0 Å². The topological polar surface area (TPSA) is 73.1 Å². The van der Waals surface area contributed by atoms with Crippen molar-refractivity contribution in [2.75, 3.05) is 5.75 Å². The molecule has 1 heterocycles. The zero-order valence-corrected chi connectivity index (χ0v) is 11.6. The number of sulfone groups is 1. The number of alkyl halides is 6. The number of benzene rings is 1. The first-order valence-corrected chi connectivity index (χ1v) is 7.34. The molecule has 0 bridgehead atoms. The first-order valence-electron chi connectivity index (χ1n) is 5.69. The zero-order chi connectivity index (χ0) is 17.5. The van der Waals surface area contributed by atoms with Gasteiger partial charge in [-0.1, -0.05) is 5.16 Å². The highest BCUT2D eigenvalue weighted by Crippen LogP contribution is 2.30. The molecule has 1 aromatic heterocycles. The maximum atomic E-state index is 12.3. The molecule has 0 saturated heterocycles. The number of halogens is 6. The molecular weight excluding hydrogens is 354 g/mol. The Labute approximate surface area is 124 Å². The maximum absolute atomic E-state index is 12.3. The second-order valence-electron chi connectivity index (χ2n) is 4.32. The third-order valence-electron chi connectivity index (χ3n) is 2.49. The van der Waals surface area contributed by atoms with Crippen LogP contribution in [-0.2, 0) is 16.0 Å². The Morgan fingerprint density at radius 1 is 1.00 bits per heavy atom. The van der Waals surface area contributed by atoms with Crippen LogP contribution in [0.15, 0.2) is 33.7 Å². The van der Waals surface area contributed by atoms with Crippen molar-refractivity contribution >= 4 is 9.84 Å². The Kier molecular flexibility index (Phi) is 4.13. The van der Waals surface area contributed by atoms with Gasteiger partial charge in [-0.25, -0.2) is 8.42 Å². The Morgan fingerprint density at radius 2 is 1.57 bits per heavy atom. The van der Waals surface area contributed by atoms with Gasteiger partial charge in [0.25, 0.3) is 0 Å². The Hall–Kier alpha value is -2.11. The molecule has 0 fully saturated rings. The fourth-order valence-corrected chi connectivity index (χ4v) is 2.71. The highest BCUT2D eigenvalue weighted by molar-refractivity contribution is 7.91. The molecule has 0 aliphatic carbocycles. The molecule has 0 N–H and O–H groups in total. The fraction of sp³-hybridized carbons (Fsp3) is 0.273. The highest BCUT2D eigenvalue weighted by Gasteiger charge is 2.39. The van der Waals surface area contributed by atoms with E-state index < -0.39 is 44.6 Å². The quantitative estimate of drug-likeness (QED) is 0.787. The van der Waals surface area contributed by atoms with E-state index in [0.717, 1.165) is 24.3 Å². The smallest absolute Gasteiger partial charge is 0.329 e. The fourth-order valence-electron chi connectivity index (χ4n) is 1.57. The minimum atomic E-state index is -4.91. The standard InChI is InChI=1S/C11H6F6N2O3S/c12-10(13,14)5-23(20,21)7-3-1-6(2-4-7)8-18-9(22-19-8)11(15,16)17/h1-4H,5H2. The zero-order valence-electron chi connectivity index (χ0n) is 10.8. The van der Waals surface area contributed by atoms with Gasteiger partial charge in [-0.3, -0.25) is 0 Å². The van der Waals surface area contributed by atoms with Crippen LogP contribution in [0, 0.1) is 0 Å². The van der Waals surface area contributed by atoms with Crippen LogP contribution >= 0.6 is 0 Å². The minimum absolute atomic E-state index is 0.0461. The normalized spacial score (nSPS) is 13.3. The SMILES string of the molecule is O=S(=O)(CC(F)(F)F)c1ccc(-c2noc(C(F)(F)F)n2)cc1. The van der Waals surface area contributed by atoms with Gasteiger partial charge in [0, 0.05) is 5.56 Å². The van der Waals surface area contributed by atoms with E-state index in [9.17, 15) is 34.8 Å². The predicted octanol–water partition coefficient (Wildman–Crippen LogP) is 3.09. The van der Waals surface area contributed by atoms with Crippen molar-refractivity contribution < 1.29 is 39.3 Å². The van der Waals surface area contributed by atoms with Gasteiger partial charge in [-0.15, -0.1) is 0 Å². The van der Waals surface area contributed by atoms with Gasteiger partial charge in [0.05, 0.1) is 4.90 Å². The van der Waals surface area contributed by atoms with Gasteiger partial charge in [0.1, 0.15) is 0 Å². The number of hydrogen-bond donors (Lipinski definition) is 0. The monoisotopic (exact) mass is 360 g/mol. The summed E-state index contributed by atoms with van der Waals surface area (Å²) in [5.41, 5.74) is -0.0461.